The maximum absolute atomic E-state index is 12.3. The molecule has 0 aromatic heterocycles. The second kappa shape index (κ2) is 6.61. The van der Waals surface area contributed by atoms with Gasteiger partial charge in [0.15, 0.2) is 6.61 Å². The topological polar surface area (TPSA) is 69.7 Å². The van der Waals surface area contributed by atoms with Crippen LogP contribution in [-0.4, -0.2) is 35.5 Å². The van der Waals surface area contributed by atoms with Crippen molar-refractivity contribution in [3.05, 3.63) is 29.8 Å². The smallest absolute Gasteiger partial charge is 0.260 e. The normalized spacial score (nSPS) is 21.9. The average Bonchev–Trinajstić information content (AvgIpc) is 2.45. The molecule has 1 aliphatic heterocycles. The maximum atomic E-state index is 12.3. The van der Waals surface area contributed by atoms with E-state index in [0.29, 0.717) is 5.75 Å². The van der Waals surface area contributed by atoms with E-state index in [-0.39, 0.29) is 30.2 Å². The van der Waals surface area contributed by atoms with Gasteiger partial charge in [-0.15, -0.1) is 0 Å². The van der Waals surface area contributed by atoms with Gasteiger partial charge in [0.25, 0.3) is 5.91 Å². The SMILES string of the molecule is C[C@@H]1CCC[C@@H](C)N1C(=O)COc1ccc(C(=O)[O-])cc1. The minimum absolute atomic E-state index is 0.0284. The molecule has 1 fully saturated rings. The van der Waals surface area contributed by atoms with E-state index >= 15 is 0 Å². The van der Waals surface area contributed by atoms with Crippen LogP contribution in [0.4, 0.5) is 0 Å². The van der Waals surface area contributed by atoms with E-state index in [9.17, 15) is 14.7 Å². The van der Waals surface area contributed by atoms with Crippen molar-refractivity contribution >= 4 is 11.9 Å². The van der Waals surface area contributed by atoms with Crippen molar-refractivity contribution in [2.24, 2.45) is 0 Å². The van der Waals surface area contributed by atoms with Crippen molar-refractivity contribution in [2.45, 2.75) is 45.2 Å². The summed E-state index contributed by atoms with van der Waals surface area (Å²) in [7, 11) is 0. The minimum Gasteiger partial charge on any atom is -0.545 e. The number of carboxylic acids is 1. The number of hydrogen-bond acceptors (Lipinski definition) is 4. The average molecular weight is 290 g/mol. The molecule has 1 aliphatic rings. The number of hydrogen-bond donors (Lipinski definition) is 0. The van der Waals surface area contributed by atoms with Crippen molar-refractivity contribution in [3.8, 4) is 5.75 Å². The molecule has 114 valence electrons. The summed E-state index contributed by atoms with van der Waals surface area (Å²) in [6.45, 7) is 4.09. The number of likely N-dealkylation sites (tertiary alicyclic amines) is 1. The molecule has 1 saturated heterocycles. The Morgan fingerprint density at radius 3 is 2.29 bits per heavy atom. The number of carboxylic acid groups (broad SMARTS) is 1. The first-order valence-electron chi connectivity index (χ1n) is 7.24. The zero-order valence-electron chi connectivity index (χ0n) is 12.4. The van der Waals surface area contributed by atoms with Crippen molar-refractivity contribution in [3.63, 3.8) is 0 Å². The first-order valence-corrected chi connectivity index (χ1v) is 7.24. The highest BCUT2D eigenvalue weighted by molar-refractivity contribution is 5.85. The monoisotopic (exact) mass is 290 g/mol. The number of amides is 1. The van der Waals surface area contributed by atoms with E-state index in [4.69, 9.17) is 4.74 Å². The Bertz CT molecular complexity index is 502. The summed E-state index contributed by atoms with van der Waals surface area (Å²) < 4.78 is 5.45. The Morgan fingerprint density at radius 2 is 1.76 bits per heavy atom. The first-order chi connectivity index (χ1) is 9.99. The third-order valence-corrected chi connectivity index (χ3v) is 3.93. The maximum Gasteiger partial charge on any atom is 0.260 e. The molecule has 1 heterocycles. The van der Waals surface area contributed by atoms with Crippen molar-refractivity contribution in [1.29, 1.82) is 0 Å². The summed E-state index contributed by atoms with van der Waals surface area (Å²) in [5.41, 5.74) is 0.0898. The number of piperidine rings is 1. The zero-order valence-corrected chi connectivity index (χ0v) is 12.4. The zero-order chi connectivity index (χ0) is 15.4. The highest BCUT2D eigenvalue weighted by atomic mass is 16.5. The second-order valence-corrected chi connectivity index (χ2v) is 5.53. The molecule has 5 nitrogen and oxygen atoms in total. The van der Waals surface area contributed by atoms with Gasteiger partial charge < -0.3 is 19.5 Å². The Labute approximate surface area is 124 Å². The lowest BCUT2D eigenvalue weighted by Gasteiger charge is -2.38. The molecule has 21 heavy (non-hydrogen) atoms. The van der Waals surface area contributed by atoms with Crippen LogP contribution in [0.1, 0.15) is 43.5 Å². The van der Waals surface area contributed by atoms with Crippen LogP contribution in [0.5, 0.6) is 5.75 Å². The van der Waals surface area contributed by atoms with Crippen LogP contribution in [0, 0.1) is 0 Å². The third-order valence-electron chi connectivity index (χ3n) is 3.93. The van der Waals surface area contributed by atoms with E-state index < -0.39 is 5.97 Å². The molecule has 1 aromatic carbocycles. The van der Waals surface area contributed by atoms with Gasteiger partial charge in [0.05, 0.1) is 5.97 Å². The Morgan fingerprint density at radius 1 is 1.19 bits per heavy atom. The first kappa shape index (κ1) is 15.4. The molecule has 1 amide bonds. The summed E-state index contributed by atoms with van der Waals surface area (Å²) in [4.78, 5) is 24.8. The fourth-order valence-corrected chi connectivity index (χ4v) is 2.82. The standard InChI is InChI=1S/C16H21NO4/c1-11-4-3-5-12(2)17(11)15(18)10-21-14-8-6-13(7-9-14)16(19)20/h6-9,11-12H,3-5,10H2,1-2H3,(H,19,20)/p-1/t11-,12-/m1/s1. The number of carbonyl (C=O) groups excluding carboxylic acids is 2. The van der Waals surface area contributed by atoms with Gasteiger partial charge in [0, 0.05) is 12.1 Å². The van der Waals surface area contributed by atoms with Crippen molar-refractivity contribution in [1.82, 2.24) is 4.90 Å². The Balaban J connectivity index is 1.92. The number of carbonyl (C=O) groups is 2. The third kappa shape index (κ3) is 3.74. The quantitative estimate of drug-likeness (QED) is 0.836. The van der Waals surface area contributed by atoms with E-state index in [2.05, 4.69) is 13.8 Å². The van der Waals surface area contributed by atoms with Crippen LogP contribution >= 0.6 is 0 Å². The number of rotatable bonds is 4. The molecule has 2 atom stereocenters. The predicted molar refractivity (Wildman–Crippen MR) is 75.9 cm³/mol. The van der Waals surface area contributed by atoms with Crippen LogP contribution in [0.25, 0.3) is 0 Å². The van der Waals surface area contributed by atoms with Gasteiger partial charge in [-0.3, -0.25) is 4.79 Å². The van der Waals surface area contributed by atoms with Crippen LogP contribution in [0.15, 0.2) is 24.3 Å². The number of nitrogens with zero attached hydrogens (tertiary/aromatic N) is 1. The molecule has 0 spiro atoms. The summed E-state index contributed by atoms with van der Waals surface area (Å²) in [5.74, 6) is -0.780. The lowest BCUT2D eigenvalue weighted by Crippen LogP contribution is -2.49. The van der Waals surface area contributed by atoms with Crippen LogP contribution in [0.2, 0.25) is 0 Å². The molecular formula is C16H20NO4-. The number of aromatic carboxylic acids is 1. The molecule has 5 heteroatoms. The summed E-state index contributed by atoms with van der Waals surface area (Å²) in [6, 6.07) is 6.35. The fraction of sp³-hybridized carbons (Fsp3) is 0.500. The van der Waals surface area contributed by atoms with Gasteiger partial charge in [-0.2, -0.15) is 0 Å². The summed E-state index contributed by atoms with van der Waals surface area (Å²) >= 11 is 0. The lowest BCUT2D eigenvalue weighted by atomic mass is 9.97. The molecule has 0 saturated carbocycles. The van der Waals surface area contributed by atoms with Crippen LogP contribution in [-0.2, 0) is 4.79 Å². The van der Waals surface area contributed by atoms with Crippen LogP contribution < -0.4 is 9.84 Å². The molecule has 1 aromatic rings. The van der Waals surface area contributed by atoms with Gasteiger partial charge in [0.2, 0.25) is 0 Å². The van der Waals surface area contributed by atoms with Gasteiger partial charge in [-0.25, -0.2) is 0 Å². The molecular weight excluding hydrogens is 270 g/mol. The molecule has 0 radical (unpaired) electrons. The molecule has 2 rings (SSSR count). The number of benzene rings is 1. The fourth-order valence-electron chi connectivity index (χ4n) is 2.82. The summed E-state index contributed by atoms with van der Waals surface area (Å²) in [6.07, 6.45) is 3.20. The van der Waals surface area contributed by atoms with Gasteiger partial charge >= 0.3 is 0 Å². The minimum atomic E-state index is -1.23. The lowest BCUT2D eigenvalue weighted by molar-refractivity contribution is -0.255. The highest BCUT2D eigenvalue weighted by Gasteiger charge is 2.28. The Hall–Kier alpha value is -2.04. The number of ether oxygens (including phenoxy) is 1. The van der Waals surface area contributed by atoms with Crippen molar-refractivity contribution < 1.29 is 19.4 Å². The second-order valence-electron chi connectivity index (χ2n) is 5.53. The van der Waals surface area contributed by atoms with Gasteiger partial charge in [-0.1, -0.05) is 0 Å². The van der Waals surface area contributed by atoms with E-state index in [1.165, 1.54) is 24.3 Å². The summed E-state index contributed by atoms with van der Waals surface area (Å²) in [5, 5.41) is 10.6. The van der Waals surface area contributed by atoms with Crippen molar-refractivity contribution in [2.75, 3.05) is 6.61 Å². The van der Waals surface area contributed by atoms with Gasteiger partial charge in [0.1, 0.15) is 5.75 Å². The van der Waals surface area contributed by atoms with Crippen LogP contribution in [0.3, 0.4) is 0 Å². The van der Waals surface area contributed by atoms with E-state index in [1.54, 1.807) is 0 Å². The molecule has 0 N–H and O–H groups in total. The predicted octanol–water partition coefficient (Wildman–Crippen LogP) is 1.22. The van der Waals surface area contributed by atoms with E-state index in [0.717, 1.165) is 19.3 Å². The molecule has 0 bridgehead atoms. The Kier molecular flexibility index (Phi) is 4.83. The largest absolute Gasteiger partial charge is 0.545 e. The molecule has 0 unspecified atom stereocenters. The highest BCUT2D eigenvalue weighted by Crippen LogP contribution is 2.22. The molecule has 0 aliphatic carbocycles. The van der Waals surface area contributed by atoms with E-state index in [1.807, 2.05) is 4.90 Å². The van der Waals surface area contributed by atoms with Gasteiger partial charge in [-0.05, 0) is 62.9 Å².